The van der Waals surface area contributed by atoms with Crippen LogP contribution in [-0.4, -0.2) is 68.2 Å². The van der Waals surface area contributed by atoms with Crippen molar-refractivity contribution in [3.05, 3.63) is 56.0 Å². The highest BCUT2D eigenvalue weighted by atomic mass is 35.5. The molecule has 2 aromatic heterocycles. The second-order valence-corrected chi connectivity index (χ2v) is 7.02. The number of H-pyrrole nitrogens is 1. The van der Waals surface area contributed by atoms with E-state index in [4.69, 9.17) is 21.1 Å². The van der Waals surface area contributed by atoms with Gasteiger partial charge in [-0.15, -0.1) is 0 Å². The largest absolute Gasteiger partial charge is 0.477 e. The van der Waals surface area contributed by atoms with Crippen molar-refractivity contribution in [3.8, 4) is 5.88 Å². The fourth-order valence-electron chi connectivity index (χ4n) is 3.04. The van der Waals surface area contributed by atoms with Gasteiger partial charge < -0.3 is 25.0 Å². The Bertz CT molecular complexity index is 1020. The van der Waals surface area contributed by atoms with Gasteiger partial charge in [0, 0.05) is 12.4 Å². The first-order valence-corrected chi connectivity index (χ1v) is 9.55. The van der Waals surface area contributed by atoms with Crippen LogP contribution in [0.5, 0.6) is 5.88 Å². The Labute approximate surface area is 175 Å². The van der Waals surface area contributed by atoms with Crippen molar-refractivity contribution in [1.29, 1.82) is 0 Å². The van der Waals surface area contributed by atoms with Gasteiger partial charge in [-0.3, -0.25) is 19.1 Å². The van der Waals surface area contributed by atoms with Crippen molar-refractivity contribution in [3.63, 3.8) is 0 Å². The van der Waals surface area contributed by atoms with E-state index in [0.717, 1.165) is 10.8 Å². The van der Waals surface area contributed by atoms with E-state index >= 15 is 0 Å². The third-order valence-electron chi connectivity index (χ3n) is 4.59. The molecule has 12 heteroatoms. The maximum atomic E-state index is 12.6. The molecule has 0 saturated carbocycles. The number of carbonyl (C=O) groups excluding carboxylic acids is 1. The third kappa shape index (κ3) is 4.70. The number of carbonyl (C=O) groups is 1. The highest BCUT2D eigenvalue weighted by Gasteiger charge is 2.39. The van der Waals surface area contributed by atoms with E-state index < -0.39 is 41.5 Å². The van der Waals surface area contributed by atoms with Gasteiger partial charge >= 0.3 is 5.69 Å². The summed E-state index contributed by atoms with van der Waals surface area (Å²) in [6.45, 7) is 1.80. The number of aliphatic hydroxyl groups is 2. The molecule has 0 aliphatic carbocycles. The van der Waals surface area contributed by atoms with Crippen LogP contribution in [0.15, 0.2) is 34.1 Å². The lowest BCUT2D eigenvalue weighted by Gasteiger charge is -2.38. The van der Waals surface area contributed by atoms with E-state index in [1.807, 2.05) is 4.98 Å². The van der Waals surface area contributed by atoms with Gasteiger partial charge in [0.25, 0.3) is 11.5 Å². The Morgan fingerprint density at radius 2 is 2.20 bits per heavy atom. The van der Waals surface area contributed by atoms with Gasteiger partial charge in [-0.05, 0) is 19.1 Å². The van der Waals surface area contributed by atoms with Gasteiger partial charge in [0.2, 0.25) is 5.88 Å². The zero-order valence-electron chi connectivity index (χ0n) is 15.9. The minimum atomic E-state index is -1.41. The zero-order chi connectivity index (χ0) is 21.8. The minimum absolute atomic E-state index is 0.120. The standard InChI is InChI=1S/C18H21ClN4O7/c1-2-29-17-9(4-3-5-20-17)15(26)21-11-8-30-12(14(25)13(11)24)7-23-6-10(19)16(27)22-18(23)28/h3-6,11-14,24-25H,2,7-8H2,1H3,(H,21,26)(H,22,27,28)/t11-,12-,13+,14-/m1/s1. The summed E-state index contributed by atoms with van der Waals surface area (Å²) in [5.41, 5.74) is -1.28. The van der Waals surface area contributed by atoms with Gasteiger partial charge in [0.05, 0.1) is 25.8 Å². The Kier molecular flexibility index (Phi) is 6.87. The smallest absolute Gasteiger partial charge is 0.328 e. The molecule has 1 aliphatic heterocycles. The van der Waals surface area contributed by atoms with Crippen LogP contribution in [0.25, 0.3) is 0 Å². The van der Waals surface area contributed by atoms with Crippen molar-refractivity contribution >= 4 is 17.5 Å². The molecule has 162 valence electrons. The van der Waals surface area contributed by atoms with Gasteiger partial charge in [-0.1, -0.05) is 11.6 Å². The molecule has 3 heterocycles. The number of pyridine rings is 1. The van der Waals surface area contributed by atoms with Crippen LogP contribution in [0, 0.1) is 0 Å². The predicted molar refractivity (Wildman–Crippen MR) is 105 cm³/mol. The van der Waals surface area contributed by atoms with Gasteiger partial charge in [0.1, 0.15) is 28.9 Å². The number of halogens is 1. The van der Waals surface area contributed by atoms with Gasteiger partial charge in [-0.2, -0.15) is 0 Å². The summed E-state index contributed by atoms with van der Waals surface area (Å²) < 4.78 is 11.9. The maximum Gasteiger partial charge on any atom is 0.328 e. The summed E-state index contributed by atoms with van der Waals surface area (Å²) in [5, 5.41) is 23.3. The molecular formula is C18H21ClN4O7. The van der Waals surface area contributed by atoms with Crippen molar-refractivity contribution in [2.24, 2.45) is 0 Å². The summed E-state index contributed by atoms with van der Waals surface area (Å²) in [7, 11) is 0. The quantitative estimate of drug-likeness (QED) is 0.441. The van der Waals surface area contributed by atoms with E-state index in [0.29, 0.717) is 6.61 Å². The molecule has 0 bridgehead atoms. The molecule has 2 aromatic rings. The molecule has 1 aliphatic rings. The number of ether oxygens (including phenoxy) is 2. The fraction of sp³-hybridized carbons (Fsp3) is 0.444. The number of aromatic amines is 1. The minimum Gasteiger partial charge on any atom is -0.477 e. The van der Waals surface area contributed by atoms with Crippen molar-refractivity contribution in [2.45, 2.75) is 37.8 Å². The molecule has 1 saturated heterocycles. The highest BCUT2D eigenvalue weighted by molar-refractivity contribution is 6.30. The van der Waals surface area contributed by atoms with Crippen LogP contribution < -0.4 is 21.3 Å². The molecule has 1 fully saturated rings. The first-order chi connectivity index (χ1) is 14.3. The zero-order valence-corrected chi connectivity index (χ0v) is 16.7. The first-order valence-electron chi connectivity index (χ1n) is 9.17. The predicted octanol–water partition coefficient (Wildman–Crippen LogP) is -1.10. The molecule has 4 N–H and O–H groups in total. The molecule has 0 radical (unpaired) electrons. The van der Waals surface area contributed by atoms with Crippen molar-refractivity contribution in [2.75, 3.05) is 13.2 Å². The van der Waals surface area contributed by atoms with Crippen LogP contribution in [0.2, 0.25) is 5.02 Å². The number of hydrogen-bond donors (Lipinski definition) is 4. The van der Waals surface area contributed by atoms with Crippen LogP contribution in [-0.2, 0) is 11.3 Å². The van der Waals surface area contributed by atoms with E-state index in [1.54, 1.807) is 13.0 Å². The SMILES string of the molecule is CCOc1ncccc1C(=O)N[C@@H]1CO[C@H](Cn2cc(Cl)c(=O)[nH]c2=O)[C@@H](O)[C@H]1O. The number of aromatic nitrogens is 3. The summed E-state index contributed by atoms with van der Waals surface area (Å²) in [5.74, 6) is -0.398. The lowest BCUT2D eigenvalue weighted by Crippen LogP contribution is -2.60. The topological polar surface area (TPSA) is 156 Å². The number of nitrogens with one attached hydrogen (secondary N) is 2. The van der Waals surface area contributed by atoms with Gasteiger partial charge in [-0.25, -0.2) is 9.78 Å². The van der Waals surface area contributed by atoms with E-state index in [1.165, 1.54) is 12.3 Å². The molecule has 0 spiro atoms. The fourth-order valence-corrected chi connectivity index (χ4v) is 3.21. The number of nitrogens with zero attached hydrogens (tertiary/aromatic N) is 2. The summed E-state index contributed by atoms with van der Waals surface area (Å²) in [6, 6.07) is 2.19. The molecule has 1 amide bonds. The average molecular weight is 441 g/mol. The second-order valence-electron chi connectivity index (χ2n) is 6.61. The summed E-state index contributed by atoms with van der Waals surface area (Å²) in [4.78, 5) is 41.8. The average Bonchev–Trinajstić information content (AvgIpc) is 2.72. The third-order valence-corrected chi connectivity index (χ3v) is 4.86. The molecule has 11 nitrogen and oxygen atoms in total. The second kappa shape index (κ2) is 9.39. The molecule has 30 heavy (non-hydrogen) atoms. The lowest BCUT2D eigenvalue weighted by atomic mass is 9.97. The monoisotopic (exact) mass is 440 g/mol. The molecular weight excluding hydrogens is 420 g/mol. The maximum absolute atomic E-state index is 12.6. The van der Waals surface area contributed by atoms with Crippen LogP contribution >= 0.6 is 11.6 Å². The Balaban J connectivity index is 1.68. The highest BCUT2D eigenvalue weighted by Crippen LogP contribution is 2.19. The number of aliphatic hydroxyl groups excluding tert-OH is 2. The lowest BCUT2D eigenvalue weighted by molar-refractivity contribution is -0.152. The Hall–Kier alpha value is -2.73. The van der Waals surface area contributed by atoms with Gasteiger partial charge in [0.15, 0.2) is 0 Å². The summed E-state index contributed by atoms with van der Waals surface area (Å²) in [6.07, 6.45) is -1.14. The van der Waals surface area contributed by atoms with Crippen molar-refractivity contribution in [1.82, 2.24) is 19.9 Å². The molecule has 0 unspecified atom stereocenters. The van der Waals surface area contributed by atoms with E-state index in [-0.39, 0.29) is 29.6 Å². The molecule has 4 atom stereocenters. The van der Waals surface area contributed by atoms with Crippen LogP contribution in [0.1, 0.15) is 17.3 Å². The Morgan fingerprint density at radius 1 is 1.43 bits per heavy atom. The Morgan fingerprint density at radius 3 is 2.93 bits per heavy atom. The van der Waals surface area contributed by atoms with E-state index in [2.05, 4.69) is 10.3 Å². The number of amides is 1. The van der Waals surface area contributed by atoms with Crippen molar-refractivity contribution < 1.29 is 24.5 Å². The molecule has 0 aromatic carbocycles. The van der Waals surface area contributed by atoms with E-state index in [9.17, 15) is 24.6 Å². The first kappa shape index (κ1) is 22.0. The summed E-state index contributed by atoms with van der Waals surface area (Å²) >= 11 is 5.72. The normalized spacial score (nSPS) is 23.7. The van der Waals surface area contributed by atoms with Crippen LogP contribution in [0.4, 0.5) is 0 Å². The molecule has 3 rings (SSSR count). The van der Waals surface area contributed by atoms with Crippen LogP contribution in [0.3, 0.4) is 0 Å². The number of hydrogen-bond acceptors (Lipinski definition) is 8. The number of rotatable bonds is 6.